The molecule has 114 valence electrons. The first-order valence-electron chi connectivity index (χ1n) is 7.74. The molecule has 0 aromatic heterocycles. The van der Waals surface area contributed by atoms with Crippen LogP contribution in [0, 0.1) is 0 Å². The summed E-state index contributed by atoms with van der Waals surface area (Å²) in [4.78, 5) is 0. The number of sulfonamides is 1. The van der Waals surface area contributed by atoms with E-state index in [-0.39, 0.29) is 12.1 Å². The third kappa shape index (κ3) is 5.04. The maximum absolute atomic E-state index is 12.4. The molecule has 1 heterocycles. The average Bonchev–Trinajstić information content (AvgIpc) is 2.75. The van der Waals surface area contributed by atoms with Gasteiger partial charge in [0.25, 0.3) is 0 Å². The zero-order valence-corrected chi connectivity index (χ0v) is 13.5. The average molecular weight is 290 g/mol. The fraction of sp³-hybridized carbons (Fsp3) is 1.00. The van der Waals surface area contributed by atoms with Crippen molar-refractivity contribution in [2.24, 2.45) is 0 Å². The van der Waals surface area contributed by atoms with Crippen molar-refractivity contribution in [3.05, 3.63) is 0 Å². The summed E-state index contributed by atoms with van der Waals surface area (Å²) in [6.45, 7) is 8.21. The van der Waals surface area contributed by atoms with Gasteiger partial charge in [0, 0.05) is 12.1 Å². The van der Waals surface area contributed by atoms with Crippen molar-refractivity contribution in [1.29, 1.82) is 0 Å². The van der Waals surface area contributed by atoms with Crippen LogP contribution in [0.25, 0.3) is 0 Å². The molecular formula is C14H30N2O2S. The van der Waals surface area contributed by atoms with Crippen molar-refractivity contribution < 1.29 is 8.42 Å². The van der Waals surface area contributed by atoms with Crippen molar-refractivity contribution >= 4 is 10.0 Å². The number of rotatable bonds is 9. The predicted octanol–water partition coefficient (Wildman–Crippen LogP) is 2.36. The largest absolute Gasteiger partial charge is 0.317 e. The molecule has 0 saturated carbocycles. The fourth-order valence-corrected chi connectivity index (χ4v) is 5.02. The summed E-state index contributed by atoms with van der Waals surface area (Å²) >= 11 is 0. The molecule has 0 radical (unpaired) electrons. The van der Waals surface area contributed by atoms with E-state index >= 15 is 0 Å². The molecule has 1 saturated heterocycles. The molecule has 4 nitrogen and oxygen atoms in total. The van der Waals surface area contributed by atoms with Gasteiger partial charge in [-0.15, -0.1) is 0 Å². The van der Waals surface area contributed by atoms with Crippen LogP contribution in [-0.2, 0) is 10.0 Å². The molecular weight excluding hydrogens is 260 g/mol. The van der Waals surface area contributed by atoms with Gasteiger partial charge in [0.2, 0.25) is 10.0 Å². The molecule has 2 unspecified atom stereocenters. The lowest BCUT2D eigenvalue weighted by Crippen LogP contribution is -2.41. The highest BCUT2D eigenvalue weighted by molar-refractivity contribution is 7.89. The Kier molecular flexibility index (Phi) is 7.32. The van der Waals surface area contributed by atoms with E-state index in [0.717, 1.165) is 51.6 Å². The van der Waals surface area contributed by atoms with Gasteiger partial charge in [0.05, 0.1) is 5.75 Å². The lowest BCUT2D eigenvalue weighted by Gasteiger charge is -2.27. The molecule has 0 aliphatic carbocycles. The fourth-order valence-electron chi connectivity index (χ4n) is 2.87. The third-order valence-corrected chi connectivity index (χ3v) is 6.04. The Morgan fingerprint density at radius 3 is 2.53 bits per heavy atom. The van der Waals surface area contributed by atoms with E-state index in [1.807, 2.05) is 6.92 Å². The first-order valence-corrected chi connectivity index (χ1v) is 9.35. The number of hydrogen-bond donors (Lipinski definition) is 1. The number of unbranched alkanes of at least 4 members (excludes halogenated alkanes) is 1. The van der Waals surface area contributed by atoms with Crippen LogP contribution in [0.15, 0.2) is 0 Å². The molecule has 0 spiro atoms. The molecule has 5 heteroatoms. The topological polar surface area (TPSA) is 49.4 Å². The normalized spacial score (nSPS) is 25.0. The van der Waals surface area contributed by atoms with E-state index in [9.17, 15) is 8.42 Å². The summed E-state index contributed by atoms with van der Waals surface area (Å²) in [5.74, 6) is 0.307. The Hall–Kier alpha value is -0.130. The van der Waals surface area contributed by atoms with Crippen LogP contribution in [-0.4, -0.2) is 43.6 Å². The molecule has 1 N–H and O–H groups in total. The van der Waals surface area contributed by atoms with Crippen molar-refractivity contribution in [3.63, 3.8) is 0 Å². The summed E-state index contributed by atoms with van der Waals surface area (Å²) in [6.07, 6.45) is 5.80. The quantitative estimate of drug-likeness (QED) is 0.663. The minimum atomic E-state index is -3.06. The van der Waals surface area contributed by atoms with Gasteiger partial charge < -0.3 is 5.32 Å². The Labute approximate surface area is 119 Å². The predicted molar refractivity (Wildman–Crippen MR) is 80.8 cm³/mol. The Morgan fingerprint density at radius 2 is 1.89 bits per heavy atom. The van der Waals surface area contributed by atoms with Gasteiger partial charge in [-0.25, -0.2) is 8.42 Å². The smallest absolute Gasteiger partial charge is 0.214 e. The molecule has 1 aliphatic heterocycles. The monoisotopic (exact) mass is 290 g/mol. The van der Waals surface area contributed by atoms with Gasteiger partial charge >= 0.3 is 0 Å². The van der Waals surface area contributed by atoms with Gasteiger partial charge in [0.1, 0.15) is 0 Å². The highest BCUT2D eigenvalue weighted by Crippen LogP contribution is 2.29. The summed E-state index contributed by atoms with van der Waals surface area (Å²) in [6, 6.07) is 0.423. The number of nitrogens with zero attached hydrogens (tertiary/aromatic N) is 1. The number of hydrogen-bond acceptors (Lipinski definition) is 3. The highest BCUT2D eigenvalue weighted by atomic mass is 32.2. The maximum atomic E-state index is 12.4. The number of nitrogens with one attached hydrogen (secondary N) is 1. The molecule has 0 bridgehead atoms. The summed E-state index contributed by atoms with van der Waals surface area (Å²) < 4.78 is 26.6. The maximum Gasteiger partial charge on any atom is 0.214 e. The van der Waals surface area contributed by atoms with Crippen LogP contribution in [0.3, 0.4) is 0 Å². The molecule has 1 fully saturated rings. The second-order valence-corrected chi connectivity index (χ2v) is 7.59. The van der Waals surface area contributed by atoms with E-state index in [1.54, 1.807) is 4.31 Å². The first kappa shape index (κ1) is 16.9. The molecule has 0 amide bonds. The molecule has 1 aliphatic rings. The first-order chi connectivity index (χ1) is 9.03. The molecule has 0 aromatic rings. The van der Waals surface area contributed by atoms with Crippen molar-refractivity contribution in [2.75, 3.05) is 18.8 Å². The van der Waals surface area contributed by atoms with E-state index in [4.69, 9.17) is 0 Å². The van der Waals surface area contributed by atoms with Crippen LogP contribution < -0.4 is 5.32 Å². The van der Waals surface area contributed by atoms with Crippen LogP contribution in [0.2, 0.25) is 0 Å². The van der Waals surface area contributed by atoms with Crippen LogP contribution >= 0.6 is 0 Å². The SMILES string of the molecule is CCCNCCCCS(=O)(=O)N1C(C)CCC1CC. The Morgan fingerprint density at radius 1 is 1.16 bits per heavy atom. The van der Waals surface area contributed by atoms with E-state index in [2.05, 4.69) is 19.2 Å². The van der Waals surface area contributed by atoms with Gasteiger partial charge in [0.15, 0.2) is 0 Å². The van der Waals surface area contributed by atoms with E-state index < -0.39 is 10.0 Å². The van der Waals surface area contributed by atoms with Crippen molar-refractivity contribution in [1.82, 2.24) is 9.62 Å². The lowest BCUT2D eigenvalue weighted by molar-refractivity contribution is 0.328. The highest BCUT2D eigenvalue weighted by Gasteiger charge is 2.37. The Bertz CT molecular complexity index is 343. The minimum absolute atomic E-state index is 0.188. The van der Waals surface area contributed by atoms with Crippen LogP contribution in [0.4, 0.5) is 0 Å². The van der Waals surface area contributed by atoms with Gasteiger partial charge in [-0.1, -0.05) is 13.8 Å². The zero-order chi connectivity index (χ0) is 14.3. The standard InChI is InChI=1S/C14H30N2O2S/c1-4-10-15-11-6-7-12-19(17,18)16-13(3)8-9-14(16)5-2/h13-15H,4-12H2,1-3H3. The molecule has 1 rings (SSSR count). The lowest BCUT2D eigenvalue weighted by atomic mass is 10.2. The van der Waals surface area contributed by atoms with Crippen LogP contribution in [0.5, 0.6) is 0 Å². The van der Waals surface area contributed by atoms with Crippen molar-refractivity contribution in [2.45, 2.75) is 71.4 Å². The molecule has 0 aromatic carbocycles. The van der Waals surface area contributed by atoms with Crippen molar-refractivity contribution in [3.8, 4) is 0 Å². The zero-order valence-electron chi connectivity index (χ0n) is 12.7. The molecule has 19 heavy (non-hydrogen) atoms. The summed E-state index contributed by atoms with van der Waals surface area (Å²) in [5.41, 5.74) is 0. The van der Waals surface area contributed by atoms with E-state index in [1.165, 1.54) is 0 Å². The second-order valence-electron chi connectivity index (χ2n) is 5.59. The summed E-state index contributed by atoms with van der Waals surface area (Å²) in [5, 5.41) is 3.31. The molecule has 2 atom stereocenters. The van der Waals surface area contributed by atoms with Gasteiger partial charge in [-0.3, -0.25) is 0 Å². The second kappa shape index (κ2) is 8.22. The third-order valence-electron chi connectivity index (χ3n) is 3.94. The summed E-state index contributed by atoms with van der Waals surface area (Å²) in [7, 11) is -3.06. The van der Waals surface area contributed by atoms with Gasteiger partial charge in [-0.05, 0) is 58.5 Å². The van der Waals surface area contributed by atoms with Gasteiger partial charge in [-0.2, -0.15) is 4.31 Å². The van der Waals surface area contributed by atoms with Crippen LogP contribution in [0.1, 0.15) is 59.3 Å². The minimum Gasteiger partial charge on any atom is -0.317 e. The van der Waals surface area contributed by atoms with E-state index in [0.29, 0.717) is 5.75 Å². The Balaban J connectivity index is 2.38.